The molecule has 3 N–H and O–H groups in total. The molecule has 2 aromatic heterocycles. The number of carbonyl (C=O) groups excluding carboxylic acids is 1. The molecule has 52 heavy (non-hydrogen) atoms. The Morgan fingerprint density at radius 3 is 2.73 bits per heavy atom. The molecular formula is C34H38ClF5N8O4. The van der Waals surface area contributed by atoms with E-state index in [0.717, 1.165) is 31.5 Å². The van der Waals surface area contributed by atoms with E-state index in [1.54, 1.807) is 18.8 Å². The zero-order chi connectivity index (χ0) is 37.1. The molecule has 6 heterocycles. The number of halogens is 6. The van der Waals surface area contributed by atoms with E-state index in [0.29, 0.717) is 55.2 Å². The summed E-state index contributed by atoms with van der Waals surface area (Å²) in [5.74, 6) is -0.659. The van der Waals surface area contributed by atoms with Gasteiger partial charge in [-0.2, -0.15) is 37.0 Å². The highest BCUT2D eigenvalue weighted by Gasteiger charge is 2.49. The Labute approximate surface area is 300 Å². The first-order chi connectivity index (χ1) is 24.6. The number of rotatable bonds is 7. The average Bonchev–Trinajstić information content (AvgIpc) is 3.64. The van der Waals surface area contributed by atoms with Crippen molar-refractivity contribution in [3.63, 3.8) is 0 Å². The van der Waals surface area contributed by atoms with Crippen molar-refractivity contribution in [2.24, 2.45) is 5.92 Å². The lowest BCUT2D eigenvalue weighted by molar-refractivity contribution is -0.139. The van der Waals surface area contributed by atoms with Crippen molar-refractivity contribution >= 4 is 29.0 Å². The number of aryl methyl sites for hydroxylation is 1. The Morgan fingerprint density at radius 1 is 1.21 bits per heavy atom. The van der Waals surface area contributed by atoms with Crippen LogP contribution in [0.15, 0.2) is 24.3 Å². The van der Waals surface area contributed by atoms with E-state index in [9.17, 15) is 31.9 Å². The maximum Gasteiger partial charge on any atom is 0.418 e. The molecule has 4 aliphatic heterocycles. The third-order valence-electron chi connectivity index (χ3n) is 10.4. The van der Waals surface area contributed by atoms with Gasteiger partial charge < -0.3 is 30.1 Å². The van der Waals surface area contributed by atoms with Crippen LogP contribution >= 0.6 is 11.6 Å². The summed E-state index contributed by atoms with van der Waals surface area (Å²) in [4.78, 5) is 27.6. The van der Waals surface area contributed by atoms with Gasteiger partial charge in [-0.05, 0) is 61.9 Å². The standard InChI is InChI=1S/C34H38ClF5N8O4/c1-45(2)31(50)28-29(49)24-15-46(6-4-8-48(24)44-28)30-21-16-51-25(20-10-19(41)11-22(35)27(20)34(38,39)40)12-23(21)42-32(43-30)52-17-33-5-3-7-47(33)14-18(13-33)9-26(36)37/h9-11,18,25,49H,3-8,12-17,41H2,1-2H3/t18-,25?,33+/m0/s1. The number of ether oxygens (including phenoxy) is 2. The molecule has 1 aromatic carbocycles. The molecular weight excluding hydrogens is 715 g/mol. The van der Waals surface area contributed by atoms with Gasteiger partial charge in [-0.15, -0.1) is 0 Å². The topological polar surface area (TPSA) is 135 Å². The SMILES string of the molecule is CN(C)C(=O)c1nn2c(c1O)CN(c1nc(OC[C@]34CCCN3C[C@@H](C=C(F)F)C4)nc3c1COC(c1cc(N)cc(Cl)c1C(F)(F)F)C3)CCC2. The summed E-state index contributed by atoms with van der Waals surface area (Å²) in [6.07, 6.45) is -4.10. The summed E-state index contributed by atoms with van der Waals surface area (Å²) in [5.41, 5.74) is 5.43. The minimum absolute atomic E-state index is 0.0293. The van der Waals surface area contributed by atoms with Crippen molar-refractivity contribution in [2.45, 2.75) is 69.6 Å². The normalized spacial score (nSPS) is 23.1. The van der Waals surface area contributed by atoms with Gasteiger partial charge in [-0.3, -0.25) is 14.4 Å². The maximum absolute atomic E-state index is 14.3. The lowest BCUT2D eigenvalue weighted by atomic mass is 9.91. The second-order valence-corrected chi connectivity index (χ2v) is 14.5. The second-order valence-electron chi connectivity index (χ2n) is 14.0. The van der Waals surface area contributed by atoms with Crippen LogP contribution in [0.1, 0.15) is 70.4 Å². The second kappa shape index (κ2) is 13.6. The average molecular weight is 753 g/mol. The van der Waals surface area contributed by atoms with E-state index in [-0.39, 0.29) is 60.8 Å². The summed E-state index contributed by atoms with van der Waals surface area (Å²) in [6, 6.07) is 2.22. The molecule has 280 valence electrons. The number of amides is 1. The van der Waals surface area contributed by atoms with Crippen molar-refractivity contribution in [3.05, 3.63) is 63.1 Å². The Morgan fingerprint density at radius 2 is 2.00 bits per heavy atom. The summed E-state index contributed by atoms with van der Waals surface area (Å²) < 4.78 is 83.2. The van der Waals surface area contributed by atoms with E-state index in [2.05, 4.69) is 10.00 Å². The van der Waals surface area contributed by atoms with E-state index in [1.807, 2.05) is 4.90 Å². The summed E-state index contributed by atoms with van der Waals surface area (Å²) in [5, 5.41) is 15.0. The van der Waals surface area contributed by atoms with Gasteiger partial charge in [-0.1, -0.05) is 11.6 Å². The van der Waals surface area contributed by atoms with E-state index in [4.69, 9.17) is 36.8 Å². The van der Waals surface area contributed by atoms with Crippen molar-refractivity contribution in [2.75, 3.05) is 51.0 Å². The first-order valence-electron chi connectivity index (χ1n) is 17.0. The minimum Gasteiger partial charge on any atom is -0.504 e. The zero-order valence-electron chi connectivity index (χ0n) is 28.5. The number of fused-ring (bicyclic) bond motifs is 3. The van der Waals surface area contributed by atoms with Gasteiger partial charge in [0, 0.05) is 51.4 Å². The van der Waals surface area contributed by atoms with Crippen molar-refractivity contribution in [1.82, 2.24) is 29.5 Å². The Hall–Kier alpha value is -4.22. The van der Waals surface area contributed by atoms with Crippen LogP contribution in [0.5, 0.6) is 11.8 Å². The quantitative estimate of drug-likeness (QED) is 0.233. The number of anilines is 2. The fraction of sp³-hybridized carbons (Fsp3) is 0.529. The summed E-state index contributed by atoms with van der Waals surface area (Å²) in [7, 11) is 3.12. The smallest absolute Gasteiger partial charge is 0.418 e. The summed E-state index contributed by atoms with van der Waals surface area (Å²) >= 11 is 6.08. The molecule has 0 spiro atoms. The molecule has 3 atom stereocenters. The third kappa shape index (κ3) is 6.73. The number of nitrogens with two attached hydrogens (primary N) is 1. The molecule has 0 aliphatic carbocycles. The minimum atomic E-state index is -4.79. The fourth-order valence-electron chi connectivity index (χ4n) is 8.05. The van der Waals surface area contributed by atoms with Crippen molar-refractivity contribution in [1.29, 1.82) is 0 Å². The summed E-state index contributed by atoms with van der Waals surface area (Å²) in [6.45, 7) is 2.11. The largest absolute Gasteiger partial charge is 0.504 e. The van der Waals surface area contributed by atoms with Crippen LogP contribution in [0.2, 0.25) is 5.02 Å². The van der Waals surface area contributed by atoms with Crippen LogP contribution in [-0.2, 0) is 37.0 Å². The number of aromatic hydroxyl groups is 1. The molecule has 7 rings (SSSR count). The number of hydrogen-bond donors (Lipinski definition) is 2. The third-order valence-corrected chi connectivity index (χ3v) is 10.7. The van der Waals surface area contributed by atoms with Crippen LogP contribution in [0.25, 0.3) is 0 Å². The predicted molar refractivity (Wildman–Crippen MR) is 179 cm³/mol. The number of hydrogen-bond acceptors (Lipinski definition) is 10. The molecule has 0 radical (unpaired) electrons. The molecule has 1 amide bonds. The molecule has 2 saturated heterocycles. The number of aromatic nitrogens is 4. The number of nitrogen functional groups attached to an aromatic ring is 1. The highest BCUT2D eigenvalue weighted by atomic mass is 35.5. The number of alkyl halides is 3. The molecule has 1 unspecified atom stereocenters. The van der Waals surface area contributed by atoms with E-state index < -0.39 is 40.4 Å². The van der Waals surface area contributed by atoms with E-state index in [1.165, 1.54) is 11.0 Å². The first-order valence-corrected chi connectivity index (χ1v) is 17.3. The molecule has 12 nitrogen and oxygen atoms in total. The number of carbonyl (C=O) groups is 1. The molecule has 3 aromatic rings. The Kier molecular flexibility index (Phi) is 9.48. The molecule has 0 saturated carbocycles. The van der Waals surface area contributed by atoms with Crippen molar-refractivity contribution in [3.8, 4) is 11.8 Å². The van der Waals surface area contributed by atoms with Gasteiger partial charge in [-0.25, -0.2) is 0 Å². The van der Waals surface area contributed by atoms with Crippen LogP contribution in [0.3, 0.4) is 0 Å². The van der Waals surface area contributed by atoms with Gasteiger partial charge in [0.1, 0.15) is 18.1 Å². The zero-order valence-corrected chi connectivity index (χ0v) is 29.3. The number of benzene rings is 1. The van der Waals surface area contributed by atoms with Crippen molar-refractivity contribution < 1.29 is 41.3 Å². The number of nitrogens with zero attached hydrogens (tertiary/aromatic N) is 7. The van der Waals surface area contributed by atoms with Gasteiger partial charge in [0.05, 0.1) is 41.1 Å². The Balaban J connectivity index is 1.26. The lowest BCUT2D eigenvalue weighted by Gasteiger charge is -2.33. The first kappa shape index (κ1) is 36.2. The van der Waals surface area contributed by atoms with Gasteiger partial charge in [0.2, 0.25) is 0 Å². The molecule has 2 fully saturated rings. The lowest BCUT2D eigenvalue weighted by Crippen LogP contribution is -2.43. The highest BCUT2D eigenvalue weighted by molar-refractivity contribution is 6.31. The van der Waals surface area contributed by atoms with E-state index >= 15 is 0 Å². The predicted octanol–water partition coefficient (Wildman–Crippen LogP) is 5.57. The fourth-order valence-corrected chi connectivity index (χ4v) is 8.39. The maximum atomic E-state index is 14.3. The molecule has 18 heteroatoms. The Bertz CT molecular complexity index is 1920. The van der Waals surface area contributed by atoms with Gasteiger partial charge in [0.25, 0.3) is 12.0 Å². The molecule has 0 bridgehead atoms. The van der Waals surface area contributed by atoms with Crippen LogP contribution in [0, 0.1) is 5.92 Å². The van der Waals surface area contributed by atoms with Gasteiger partial charge >= 0.3 is 12.2 Å². The molecule has 4 aliphatic rings. The van der Waals surface area contributed by atoms with Crippen LogP contribution in [0.4, 0.5) is 33.5 Å². The van der Waals surface area contributed by atoms with Crippen LogP contribution in [-0.4, -0.2) is 86.4 Å². The van der Waals surface area contributed by atoms with Crippen LogP contribution < -0.4 is 15.4 Å². The monoisotopic (exact) mass is 752 g/mol. The highest BCUT2D eigenvalue weighted by Crippen LogP contribution is 2.46. The van der Waals surface area contributed by atoms with Gasteiger partial charge in [0.15, 0.2) is 11.4 Å².